The zero-order valence-electron chi connectivity index (χ0n) is 10.2. The van der Waals surface area contributed by atoms with Crippen LogP contribution in [0.25, 0.3) is 11.0 Å². The third-order valence-corrected chi connectivity index (χ3v) is 3.27. The monoisotopic (exact) mass is 249 g/mol. The van der Waals surface area contributed by atoms with Crippen LogP contribution >= 0.6 is 0 Å². The van der Waals surface area contributed by atoms with Gasteiger partial charge in [0.2, 0.25) is 5.95 Å². The minimum atomic E-state index is -0.252. The minimum absolute atomic E-state index is 0.252. The Kier molecular flexibility index (Phi) is 2.91. The lowest BCUT2D eigenvalue weighted by atomic mass is 10.0. The van der Waals surface area contributed by atoms with Gasteiger partial charge >= 0.3 is 0 Å². The molecule has 1 fully saturated rings. The van der Waals surface area contributed by atoms with E-state index in [2.05, 4.69) is 22.2 Å². The second-order valence-corrected chi connectivity index (χ2v) is 4.79. The summed E-state index contributed by atoms with van der Waals surface area (Å²) < 4.78 is 18.6. The number of ether oxygens (including phenoxy) is 1. The molecule has 2 aromatic rings. The summed E-state index contributed by atoms with van der Waals surface area (Å²) in [6.07, 6.45) is 2.21. The Bertz CT molecular complexity index is 554. The van der Waals surface area contributed by atoms with Gasteiger partial charge in [-0.05, 0) is 38.0 Å². The van der Waals surface area contributed by atoms with Gasteiger partial charge in [-0.3, -0.25) is 0 Å². The Morgan fingerprint density at radius 2 is 2.39 bits per heavy atom. The average molecular weight is 249 g/mol. The van der Waals surface area contributed by atoms with E-state index in [0.717, 1.165) is 30.5 Å². The van der Waals surface area contributed by atoms with Crippen LogP contribution in [-0.4, -0.2) is 28.7 Å². The molecule has 0 amide bonds. The molecule has 1 aliphatic rings. The Hall–Kier alpha value is -1.62. The summed E-state index contributed by atoms with van der Waals surface area (Å²) in [5.74, 6) is 0.451. The highest BCUT2D eigenvalue weighted by Gasteiger charge is 2.19. The fourth-order valence-electron chi connectivity index (χ4n) is 2.37. The number of halogens is 1. The Morgan fingerprint density at radius 3 is 3.22 bits per heavy atom. The first-order chi connectivity index (χ1) is 8.70. The van der Waals surface area contributed by atoms with E-state index in [9.17, 15) is 4.39 Å². The fraction of sp³-hybridized carbons (Fsp3) is 0.462. The Labute approximate surface area is 105 Å². The molecule has 2 unspecified atom stereocenters. The number of aromatic amines is 1. The van der Waals surface area contributed by atoms with Crippen molar-refractivity contribution in [1.82, 2.24) is 9.97 Å². The summed E-state index contributed by atoms with van der Waals surface area (Å²) in [4.78, 5) is 7.49. The van der Waals surface area contributed by atoms with Crippen molar-refractivity contribution in [1.29, 1.82) is 0 Å². The highest BCUT2D eigenvalue weighted by atomic mass is 19.1. The predicted molar refractivity (Wildman–Crippen MR) is 68.1 cm³/mol. The van der Waals surface area contributed by atoms with Gasteiger partial charge in [0.15, 0.2) is 0 Å². The van der Waals surface area contributed by atoms with E-state index >= 15 is 0 Å². The van der Waals surface area contributed by atoms with Crippen molar-refractivity contribution < 1.29 is 9.13 Å². The Balaban J connectivity index is 1.78. The molecule has 2 atom stereocenters. The predicted octanol–water partition coefficient (Wildman–Crippen LogP) is 2.68. The van der Waals surface area contributed by atoms with Crippen LogP contribution in [0.15, 0.2) is 18.2 Å². The van der Waals surface area contributed by atoms with Gasteiger partial charge in [0, 0.05) is 12.6 Å². The number of hydrogen-bond donors (Lipinski definition) is 2. The molecule has 1 saturated heterocycles. The first kappa shape index (κ1) is 11.5. The van der Waals surface area contributed by atoms with E-state index < -0.39 is 0 Å². The normalized spacial score (nSPS) is 24.3. The average Bonchev–Trinajstić information content (AvgIpc) is 2.70. The number of benzene rings is 1. The summed E-state index contributed by atoms with van der Waals surface area (Å²) in [5.41, 5.74) is 1.50. The summed E-state index contributed by atoms with van der Waals surface area (Å²) in [6, 6.07) is 4.92. The van der Waals surface area contributed by atoms with Crippen LogP contribution in [-0.2, 0) is 4.74 Å². The van der Waals surface area contributed by atoms with Crippen molar-refractivity contribution in [3.05, 3.63) is 24.0 Å². The molecule has 0 radical (unpaired) electrons. The smallest absolute Gasteiger partial charge is 0.201 e. The van der Waals surface area contributed by atoms with Crippen LogP contribution in [0.5, 0.6) is 0 Å². The summed E-state index contributed by atoms with van der Waals surface area (Å²) >= 11 is 0. The first-order valence-corrected chi connectivity index (χ1v) is 6.24. The van der Waals surface area contributed by atoms with Crippen LogP contribution in [0, 0.1) is 5.82 Å². The van der Waals surface area contributed by atoms with Gasteiger partial charge in [0.25, 0.3) is 0 Å². The number of rotatable bonds is 2. The molecule has 0 spiro atoms. The molecule has 3 rings (SSSR count). The SMILES string of the molecule is CC1CC(Nc2nc3ccc(F)cc3[nH]2)CCO1. The van der Waals surface area contributed by atoms with E-state index in [0.29, 0.717) is 12.0 Å². The van der Waals surface area contributed by atoms with Crippen molar-refractivity contribution in [2.45, 2.75) is 31.9 Å². The van der Waals surface area contributed by atoms with Crippen molar-refractivity contribution >= 4 is 17.0 Å². The summed E-state index contributed by atoms with van der Waals surface area (Å²) in [5, 5.41) is 3.35. The van der Waals surface area contributed by atoms with Crippen molar-refractivity contribution in [3.63, 3.8) is 0 Å². The molecule has 5 heteroatoms. The number of fused-ring (bicyclic) bond motifs is 1. The molecular weight excluding hydrogens is 233 g/mol. The van der Waals surface area contributed by atoms with Crippen LogP contribution in [0.1, 0.15) is 19.8 Å². The molecule has 1 aliphatic heterocycles. The topological polar surface area (TPSA) is 49.9 Å². The van der Waals surface area contributed by atoms with Gasteiger partial charge in [-0.1, -0.05) is 0 Å². The molecule has 0 saturated carbocycles. The number of hydrogen-bond acceptors (Lipinski definition) is 3. The molecule has 0 bridgehead atoms. The van der Waals surface area contributed by atoms with Gasteiger partial charge in [0.1, 0.15) is 5.82 Å². The zero-order chi connectivity index (χ0) is 12.5. The van der Waals surface area contributed by atoms with E-state index in [-0.39, 0.29) is 11.9 Å². The lowest BCUT2D eigenvalue weighted by molar-refractivity contribution is 0.0231. The molecule has 0 aliphatic carbocycles. The Morgan fingerprint density at radius 1 is 1.50 bits per heavy atom. The molecule has 1 aromatic heterocycles. The van der Waals surface area contributed by atoms with Gasteiger partial charge in [-0.15, -0.1) is 0 Å². The van der Waals surface area contributed by atoms with E-state index in [1.54, 1.807) is 6.07 Å². The van der Waals surface area contributed by atoms with Crippen LogP contribution < -0.4 is 5.32 Å². The lowest BCUT2D eigenvalue weighted by Crippen LogP contribution is -2.32. The molecule has 4 nitrogen and oxygen atoms in total. The van der Waals surface area contributed by atoms with Crippen LogP contribution in [0.2, 0.25) is 0 Å². The lowest BCUT2D eigenvalue weighted by Gasteiger charge is -2.27. The van der Waals surface area contributed by atoms with Crippen LogP contribution in [0.4, 0.5) is 10.3 Å². The third-order valence-electron chi connectivity index (χ3n) is 3.27. The highest BCUT2D eigenvalue weighted by molar-refractivity contribution is 5.77. The number of imidazole rings is 1. The molecule has 1 aromatic carbocycles. The summed E-state index contributed by atoms with van der Waals surface area (Å²) in [7, 11) is 0. The quantitative estimate of drug-likeness (QED) is 0.860. The van der Waals surface area contributed by atoms with Gasteiger partial charge in [0.05, 0.1) is 17.1 Å². The van der Waals surface area contributed by atoms with Gasteiger partial charge in [-0.2, -0.15) is 0 Å². The first-order valence-electron chi connectivity index (χ1n) is 6.24. The minimum Gasteiger partial charge on any atom is -0.378 e. The maximum atomic E-state index is 13.1. The number of H-pyrrole nitrogens is 1. The molecule has 96 valence electrons. The van der Waals surface area contributed by atoms with E-state index in [1.807, 2.05) is 0 Å². The molecule has 18 heavy (non-hydrogen) atoms. The molecule has 2 heterocycles. The highest BCUT2D eigenvalue weighted by Crippen LogP contribution is 2.20. The second-order valence-electron chi connectivity index (χ2n) is 4.79. The molecule has 2 N–H and O–H groups in total. The van der Waals surface area contributed by atoms with Crippen molar-refractivity contribution in [3.8, 4) is 0 Å². The van der Waals surface area contributed by atoms with Crippen LogP contribution in [0.3, 0.4) is 0 Å². The standard InChI is InChI=1S/C13H16FN3O/c1-8-6-10(4-5-18-8)15-13-16-11-3-2-9(14)7-12(11)17-13/h2-3,7-8,10H,4-6H2,1H3,(H2,15,16,17). The number of nitrogens with one attached hydrogen (secondary N) is 2. The van der Waals surface area contributed by atoms with E-state index in [4.69, 9.17) is 4.74 Å². The maximum Gasteiger partial charge on any atom is 0.201 e. The van der Waals surface area contributed by atoms with Gasteiger partial charge < -0.3 is 15.0 Å². The maximum absolute atomic E-state index is 13.1. The zero-order valence-corrected chi connectivity index (χ0v) is 10.2. The van der Waals surface area contributed by atoms with Crippen molar-refractivity contribution in [2.24, 2.45) is 0 Å². The number of anilines is 1. The molecular formula is C13H16FN3O. The fourth-order valence-corrected chi connectivity index (χ4v) is 2.37. The van der Waals surface area contributed by atoms with E-state index in [1.165, 1.54) is 12.1 Å². The number of aromatic nitrogens is 2. The second kappa shape index (κ2) is 4.57. The van der Waals surface area contributed by atoms with Crippen molar-refractivity contribution in [2.75, 3.05) is 11.9 Å². The summed E-state index contributed by atoms with van der Waals surface area (Å²) in [6.45, 7) is 2.84. The number of nitrogens with zero attached hydrogens (tertiary/aromatic N) is 1. The largest absolute Gasteiger partial charge is 0.378 e. The van der Waals surface area contributed by atoms with Gasteiger partial charge in [-0.25, -0.2) is 9.37 Å². The third kappa shape index (κ3) is 2.31.